The lowest BCUT2D eigenvalue weighted by Crippen LogP contribution is -2.45. The Bertz CT molecular complexity index is 510. The van der Waals surface area contributed by atoms with Gasteiger partial charge in [-0.1, -0.05) is 0 Å². The van der Waals surface area contributed by atoms with Crippen molar-refractivity contribution in [3.63, 3.8) is 0 Å². The predicted molar refractivity (Wildman–Crippen MR) is 69.5 cm³/mol. The van der Waals surface area contributed by atoms with Crippen LogP contribution in [0.5, 0.6) is 0 Å². The highest BCUT2D eigenvalue weighted by Crippen LogP contribution is 2.23. The molecule has 6 nitrogen and oxygen atoms in total. The lowest BCUT2D eigenvalue weighted by molar-refractivity contribution is -0.140. The van der Waals surface area contributed by atoms with Crippen molar-refractivity contribution in [1.29, 1.82) is 0 Å². The maximum atomic E-state index is 13.3. The molecule has 1 aromatic rings. The Morgan fingerprint density at radius 3 is 2.63 bits per heavy atom. The zero-order chi connectivity index (χ0) is 14.6. The Labute approximate surface area is 116 Å². The number of anilines is 1. The number of nitrogens with one attached hydrogen (secondary N) is 2. The van der Waals surface area contributed by atoms with Gasteiger partial charge in [0.15, 0.2) is 6.04 Å². The number of aliphatic carboxylic acids is 1. The summed E-state index contributed by atoms with van der Waals surface area (Å²) in [5.74, 6) is -1.92. The van der Waals surface area contributed by atoms with Gasteiger partial charge in [0.2, 0.25) is 0 Å². The maximum absolute atomic E-state index is 13.3. The van der Waals surface area contributed by atoms with Crippen molar-refractivity contribution < 1.29 is 24.2 Å². The monoisotopic (exact) mass is 334 g/mol. The number of amides is 2. The molecule has 0 aliphatic carbocycles. The van der Waals surface area contributed by atoms with Crippen molar-refractivity contribution in [2.75, 3.05) is 11.9 Å². The molecule has 0 radical (unpaired) electrons. The summed E-state index contributed by atoms with van der Waals surface area (Å²) in [6.45, 7) is 0.914. The van der Waals surface area contributed by atoms with Crippen LogP contribution in [0.2, 0.25) is 0 Å². The molecule has 1 rings (SSSR count). The highest BCUT2D eigenvalue weighted by Gasteiger charge is 2.19. The maximum Gasteiger partial charge on any atom is 0.328 e. The van der Waals surface area contributed by atoms with Gasteiger partial charge in [-0.2, -0.15) is 0 Å². The van der Waals surface area contributed by atoms with Gasteiger partial charge in [0, 0.05) is 5.69 Å². The smallest absolute Gasteiger partial charge is 0.328 e. The average Bonchev–Trinajstić information content (AvgIpc) is 2.32. The Balaban J connectivity index is 2.77. The number of urea groups is 1. The Morgan fingerprint density at radius 1 is 1.47 bits per heavy atom. The van der Waals surface area contributed by atoms with E-state index in [9.17, 15) is 14.0 Å². The van der Waals surface area contributed by atoms with E-state index in [-0.39, 0.29) is 10.2 Å². The molecule has 0 aromatic heterocycles. The Hall–Kier alpha value is -1.67. The molecule has 0 saturated carbocycles. The SMILES string of the molecule is Cc1cc(Br)c(F)cc1NC(=O)N[C@@H](CO)C(=O)O. The third-order valence-electron chi connectivity index (χ3n) is 2.30. The number of carbonyl (C=O) groups is 2. The van der Waals surface area contributed by atoms with E-state index in [1.165, 1.54) is 6.07 Å². The molecular weight excluding hydrogens is 323 g/mol. The molecule has 104 valence electrons. The molecule has 0 spiro atoms. The van der Waals surface area contributed by atoms with Gasteiger partial charge in [-0.15, -0.1) is 0 Å². The molecule has 0 saturated heterocycles. The second kappa shape index (κ2) is 6.48. The molecule has 0 bridgehead atoms. The van der Waals surface area contributed by atoms with E-state index < -0.39 is 30.5 Å². The van der Waals surface area contributed by atoms with Crippen molar-refractivity contribution in [2.45, 2.75) is 13.0 Å². The van der Waals surface area contributed by atoms with Crippen LogP contribution in [-0.2, 0) is 4.79 Å². The first-order valence-corrected chi connectivity index (χ1v) is 6.01. The minimum atomic E-state index is -1.42. The van der Waals surface area contributed by atoms with E-state index in [4.69, 9.17) is 10.2 Å². The summed E-state index contributed by atoms with van der Waals surface area (Å²) in [4.78, 5) is 22.1. The number of hydrogen-bond acceptors (Lipinski definition) is 3. The van der Waals surface area contributed by atoms with Crippen LogP contribution in [0.4, 0.5) is 14.9 Å². The molecule has 8 heteroatoms. The number of aliphatic hydroxyl groups is 1. The van der Waals surface area contributed by atoms with E-state index in [1.807, 2.05) is 5.32 Å². The summed E-state index contributed by atoms with van der Waals surface area (Å²) in [6.07, 6.45) is 0. The molecule has 1 aromatic carbocycles. The van der Waals surface area contributed by atoms with Gasteiger partial charge in [-0.05, 0) is 40.5 Å². The van der Waals surface area contributed by atoms with Gasteiger partial charge >= 0.3 is 12.0 Å². The van der Waals surface area contributed by atoms with Crippen molar-refractivity contribution >= 4 is 33.6 Å². The van der Waals surface area contributed by atoms with Gasteiger partial charge in [0.05, 0.1) is 11.1 Å². The van der Waals surface area contributed by atoms with Crippen LogP contribution in [0.1, 0.15) is 5.56 Å². The molecule has 1 atom stereocenters. The van der Waals surface area contributed by atoms with E-state index in [0.29, 0.717) is 5.56 Å². The van der Waals surface area contributed by atoms with Crippen LogP contribution in [0, 0.1) is 12.7 Å². The number of halogens is 2. The summed E-state index contributed by atoms with van der Waals surface area (Å²) in [6, 6.07) is 0.325. The van der Waals surface area contributed by atoms with E-state index in [1.54, 1.807) is 6.92 Å². The summed E-state index contributed by atoms with van der Waals surface area (Å²) in [7, 11) is 0. The molecular formula is C11H12BrFN2O4. The summed E-state index contributed by atoms with van der Waals surface area (Å²) >= 11 is 3.00. The summed E-state index contributed by atoms with van der Waals surface area (Å²) in [5, 5.41) is 21.8. The van der Waals surface area contributed by atoms with Gasteiger partial charge in [-0.3, -0.25) is 0 Å². The van der Waals surface area contributed by atoms with Crippen LogP contribution in [0.15, 0.2) is 16.6 Å². The standard InChI is InChI=1S/C11H12BrFN2O4/c1-5-2-6(12)7(13)3-8(5)14-11(19)15-9(4-16)10(17)18/h2-3,9,16H,4H2,1H3,(H,17,18)(H2,14,15,19)/t9-/m0/s1. The van der Waals surface area contributed by atoms with Gasteiger partial charge in [-0.25, -0.2) is 14.0 Å². The van der Waals surface area contributed by atoms with Crippen LogP contribution < -0.4 is 10.6 Å². The second-order valence-corrected chi connectivity index (χ2v) is 4.61. The lowest BCUT2D eigenvalue weighted by Gasteiger charge is -2.14. The number of carboxylic acid groups (broad SMARTS) is 1. The first-order valence-electron chi connectivity index (χ1n) is 5.22. The van der Waals surface area contributed by atoms with Crippen molar-refractivity contribution in [3.05, 3.63) is 28.0 Å². The number of aryl methyl sites for hydroxylation is 1. The normalized spacial score (nSPS) is 11.8. The molecule has 2 amide bonds. The highest BCUT2D eigenvalue weighted by atomic mass is 79.9. The van der Waals surface area contributed by atoms with Crippen LogP contribution in [0.25, 0.3) is 0 Å². The first-order chi connectivity index (χ1) is 8.85. The van der Waals surface area contributed by atoms with Gasteiger partial charge in [0.25, 0.3) is 0 Å². The number of carbonyl (C=O) groups excluding carboxylic acids is 1. The molecule has 0 heterocycles. The van der Waals surface area contributed by atoms with Crippen LogP contribution in [0.3, 0.4) is 0 Å². The van der Waals surface area contributed by atoms with Gasteiger partial charge < -0.3 is 20.8 Å². The van der Waals surface area contributed by atoms with E-state index >= 15 is 0 Å². The average molecular weight is 335 g/mol. The fourth-order valence-electron chi connectivity index (χ4n) is 1.28. The van der Waals surface area contributed by atoms with Crippen LogP contribution in [-0.4, -0.2) is 34.9 Å². The topological polar surface area (TPSA) is 98.7 Å². The molecule has 0 aliphatic rings. The van der Waals surface area contributed by atoms with Crippen molar-refractivity contribution in [3.8, 4) is 0 Å². The summed E-state index contributed by atoms with van der Waals surface area (Å²) < 4.78 is 13.6. The minimum absolute atomic E-state index is 0.209. The fourth-order valence-corrected chi connectivity index (χ4v) is 1.74. The molecule has 0 fully saturated rings. The second-order valence-electron chi connectivity index (χ2n) is 3.75. The number of hydrogen-bond donors (Lipinski definition) is 4. The molecule has 19 heavy (non-hydrogen) atoms. The van der Waals surface area contributed by atoms with E-state index in [0.717, 1.165) is 6.07 Å². The lowest BCUT2D eigenvalue weighted by atomic mass is 10.2. The number of rotatable bonds is 4. The largest absolute Gasteiger partial charge is 0.480 e. The Kier molecular flexibility index (Phi) is 5.25. The molecule has 4 N–H and O–H groups in total. The van der Waals surface area contributed by atoms with E-state index in [2.05, 4.69) is 21.2 Å². The highest BCUT2D eigenvalue weighted by molar-refractivity contribution is 9.10. The third kappa shape index (κ3) is 4.18. The quantitative estimate of drug-likeness (QED) is 0.670. The molecule has 0 unspecified atom stereocenters. The minimum Gasteiger partial charge on any atom is -0.480 e. The number of aliphatic hydroxyl groups excluding tert-OH is 1. The first kappa shape index (κ1) is 15.4. The predicted octanol–water partition coefficient (Wildman–Crippen LogP) is 1.46. The summed E-state index contributed by atoms with van der Waals surface area (Å²) in [5.41, 5.74) is 0.805. The Morgan fingerprint density at radius 2 is 2.11 bits per heavy atom. The number of benzene rings is 1. The van der Waals surface area contributed by atoms with Crippen molar-refractivity contribution in [2.24, 2.45) is 0 Å². The zero-order valence-electron chi connectivity index (χ0n) is 9.91. The van der Waals surface area contributed by atoms with Gasteiger partial charge in [0.1, 0.15) is 5.82 Å². The van der Waals surface area contributed by atoms with Crippen LogP contribution >= 0.6 is 15.9 Å². The zero-order valence-corrected chi connectivity index (χ0v) is 11.5. The van der Waals surface area contributed by atoms with Crippen molar-refractivity contribution in [1.82, 2.24) is 5.32 Å². The third-order valence-corrected chi connectivity index (χ3v) is 2.91. The fraction of sp³-hybridized carbons (Fsp3) is 0.273. The molecule has 0 aliphatic heterocycles. The number of carboxylic acids is 1.